The van der Waals surface area contributed by atoms with Crippen LogP contribution in [0.5, 0.6) is 0 Å². The first kappa shape index (κ1) is 22.4. The van der Waals surface area contributed by atoms with Crippen LogP contribution in [0.4, 0.5) is 5.69 Å². The first-order chi connectivity index (χ1) is 16.0. The highest BCUT2D eigenvalue weighted by Crippen LogP contribution is 2.26. The third kappa shape index (κ3) is 5.02. The van der Waals surface area contributed by atoms with Gasteiger partial charge in [-0.25, -0.2) is 9.78 Å². The largest absolute Gasteiger partial charge is 0.348 e. The summed E-state index contributed by atoms with van der Waals surface area (Å²) in [5.41, 5.74) is 0.921. The number of anilines is 1. The van der Waals surface area contributed by atoms with E-state index < -0.39 is 17.2 Å². The Morgan fingerprint density at radius 3 is 2.73 bits per heavy atom. The fourth-order valence-electron chi connectivity index (χ4n) is 4.20. The minimum atomic E-state index is -0.574. The standard InChI is InChI=1S/C24H27N5O4/c1-2-10-29-20-19(23(32)28-24(29)33)12-17(14-25-20)21(30)26-13-15-6-5-9-18(11-15)27-22(31)16-7-3-4-8-16/h5-6,9,11-12,14,16H,2-4,7-8,10,13H2,1H3,(H,26,30)(H,27,31)(H,28,32,33). The van der Waals surface area contributed by atoms with Crippen molar-refractivity contribution in [1.29, 1.82) is 0 Å². The average Bonchev–Trinajstić information content (AvgIpc) is 3.35. The van der Waals surface area contributed by atoms with Crippen LogP contribution in [0.3, 0.4) is 0 Å². The summed E-state index contributed by atoms with van der Waals surface area (Å²) in [5.74, 6) is -0.272. The van der Waals surface area contributed by atoms with E-state index in [0.29, 0.717) is 18.7 Å². The van der Waals surface area contributed by atoms with Crippen LogP contribution < -0.4 is 21.9 Å². The van der Waals surface area contributed by atoms with Gasteiger partial charge in [0, 0.05) is 30.9 Å². The molecule has 1 fully saturated rings. The maximum Gasteiger partial charge on any atom is 0.329 e. The smallest absolute Gasteiger partial charge is 0.329 e. The van der Waals surface area contributed by atoms with E-state index in [1.165, 1.54) is 16.8 Å². The molecule has 0 bridgehead atoms. The molecule has 1 aromatic carbocycles. The summed E-state index contributed by atoms with van der Waals surface area (Å²) < 4.78 is 1.39. The Balaban J connectivity index is 1.46. The summed E-state index contributed by atoms with van der Waals surface area (Å²) in [6.45, 7) is 2.58. The Hall–Kier alpha value is -3.75. The van der Waals surface area contributed by atoms with Crippen LogP contribution in [-0.4, -0.2) is 26.3 Å². The van der Waals surface area contributed by atoms with Gasteiger partial charge >= 0.3 is 5.69 Å². The Labute approximate surface area is 190 Å². The molecular formula is C24H27N5O4. The number of fused-ring (bicyclic) bond motifs is 1. The van der Waals surface area contributed by atoms with Gasteiger partial charge < -0.3 is 10.6 Å². The molecule has 0 atom stereocenters. The van der Waals surface area contributed by atoms with Gasteiger partial charge in [0.1, 0.15) is 5.65 Å². The molecule has 1 saturated carbocycles. The molecule has 33 heavy (non-hydrogen) atoms. The number of hydrogen-bond acceptors (Lipinski definition) is 5. The molecule has 0 saturated heterocycles. The number of carbonyl (C=O) groups is 2. The molecule has 172 valence electrons. The van der Waals surface area contributed by atoms with E-state index in [1.807, 2.05) is 31.2 Å². The van der Waals surface area contributed by atoms with Crippen molar-refractivity contribution >= 4 is 28.5 Å². The van der Waals surface area contributed by atoms with Crippen molar-refractivity contribution in [1.82, 2.24) is 19.9 Å². The van der Waals surface area contributed by atoms with Crippen molar-refractivity contribution < 1.29 is 9.59 Å². The summed E-state index contributed by atoms with van der Waals surface area (Å²) in [5, 5.41) is 5.96. The Kier molecular flexibility index (Phi) is 6.67. The SMILES string of the molecule is CCCn1c(=O)[nH]c(=O)c2cc(C(=O)NCc3cccc(NC(=O)C4CCCC4)c3)cnc21. The molecule has 0 unspecified atom stereocenters. The minimum Gasteiger partial charge on any atom is -0.348 e. The van der Waals surface area contributed by atoms with Crippen molar-refractivity contribution in [2.24, 2.45) is 5.92 Å². The van der Waals surface area contributed by atoms with Gasteiger partial charge in [-0.15, -0.1) is 0 Å². The van der Waals surface area contributed by atoms with Crippen LogP contribution in [0, 0.1) is 5.92 Å². The predicted octanol–water partition coefficient (Wildman–Crippen LogP) is 2.55. The first-order valence-electron chi connectivity index (χ1n) is 11.3. The van der Waals surface area contributed by atoms with Crippen molar-refractivity contribution in [2.45, 2.75) is 52.1 Å². The van der Waals surface area contributed by atoms with Crippen molar-refractivity contribution in [3.63, 3.8) is 0 Å². The van der Waals surface area contributed by atoms with Crippen molar-refractivity contribution in [3.05, 3.63) is 68.5 Å². The van der Waals surface area contributed by atoms with E-state index >= 15 is 0 Å². The number of nitrogens with one attached hydrogen (secondary N) is 3. The van der Waals surface area contributed by atoms with Crippen LogP contribution in [0.15, 0.2) is 46.1 Å². The second kappa shape index (κ2) is 9.81. The number of pyridine rings is 1. The Morgan fingerprint density at radius 2 is 1.97 bits per heavy atom. The number of aromatic amines is 1. The minimum absolute atomic E-state index is 0.0442. The molecule has 0 spiro atoms. The molecule has 3 N–H and O–H groups in total. The van der Waals surface area contributed by atoms with Gasteiger partial charge in [-0.2, -0.15) is 0 Å². The molecule has 4 rings (SSSR count). The number of amides is 2. The second-order valence-corrected chi connectivity index (χ2v) is 8.36. The monoisotopic (exact) mass is 449 g/mol. The van der Waals surface area contributed by atoms with Gasteiger partial charge in [0.25, 0.3) is 11.5 Å². The van der Waals surface area contributed by atoms with Crippen molar-refractivity contribution in [2.75, 3.05) is 5.32 Å². The molecule has 2 heterocycles. The molecular weight excluding hydrogens is 422 g/mol. The van der Waals surface area contributed by atoms with Gasteiger partial charge in [0.15, 0.2) is 0 Å². The molecule has 2 aromatic heterocycles. The van der Waals surface area contributed by atoms with E-state index in [1.54, 1.807) is 0 Å². The summed E-state index contributed by atoms with van der Waals surface area (Å²) >= 11 is 0. The quantitative estimate of drug-likeness (QED) is 0.511. The van der Waals surface area contributed by atoms with Gasteiger partial charge in [-0.1, -0.05) is 31.9 Å². The first-order valence-corrected chi connectivity index (χ1v) is 11.3. The van der Waals surface area contributed by atoms with E-state index in [-0.39, 0.29) is 35.0 Å². The number of H-pyrrole nitrogens is 1. The van der Waals surface area contributed by atoms with Crippen LogP contribution in [0.2, 0.25) is 0 Å². The fraction of sp³-hybridized carbons (Fsp3) is 0.375. The number of rotatable bonds is 7. The molecule has 0 aliphatic heterocycles. The summed E-state index contributed by atoms with van der Waals surface area (Å²) in [6.07, 6.45) is 6.11. The molecule has 9 nitrogen and oxygen atoms in total. The van der Waals surface area contributed by atoms with Crippen molar-refractivity contribution in [3.8, 4) is 0 Å². The summed E-state index contributed by atoms with van der Waals surface area (Å²) in [4.78, 5) is 55.8. The fourth-order valence-corrected chi connectivity index (χ4v) is 4.20. The lowest BCUT2D eigenvalue weighted by Gasteiger charge is -2.12. The Morgan fingerprint density at radius 1 is 1.18 bits per heavy atom. The highest BCUT2D eigenvalue weighted by Gasteiger charge is 2.22. The third-order valence-electron chi connectivity index (χ3n) is 5.92. The number of carbonyl (C=O) groups excluding carboxylic acids is 2. The molecule has 1 aliphatic carbocycles. The topological polar surface area (TPSA) is 126 Å². The number of hydrogen-bond donors (Lipinski definition) is 3. The molecule has 3 aromatic rings. The number of aryl methyl sites for hydroxylation is 1. The zero-order valence-electron chi connectivity index (χ0n) is 18.5. The summed E-state index contributed by atoms with van der Waals surface area (Å²) in [7, 11) is 0. The molecule has 9 heteroatoms. The van der Waals surface area contributed by atoms with E-state index in [0.717, 1.165) is 31.2 Å². The zero-order chi connectivity index (χ0) is 23.4. The van der Waals surface area contributed by atoms with Crippen LogP contribution >= 0.6 is 0 Å². The van der Waals surface area contributed by atoms with Crippen LogP contribution in [0.1, 0.15) is 54.9 Å². The van der Waals surface area contributed by atoms with Gasteiger partial charge in [0.2, 0.25) is 5.91 Å². The second-order valence-electron chi connectivity index (χ2n) is 8.36. The lowest BCUT2D eigenvalue weighted by Crippen LogP contribution is -2.31. The number of aromatic nitrogens is 3. The van der Waals surface area contributed by atoms with Gasteiger partial charge in [-0.05, 0) is 43.0 Å². The molecule has 0 radical (unpaired) electrons. The van der Waals surface area contributed by atoms with Crippen LogP contribution in [-0.2, 0) is 17.9 Å². The summed E-state index contributed by atoms with van der Waals surface area (Å²) in [6, 6.07) is 8.79. The molecule has 1 aliphatic rings. The van der Waals surface area contributed by atoms with Crippen LogP contribution in [0.25, 0.3) is 11.0 Å². The number of benzene rings is 1. The third-order valence-corrected chi connectivity index (χ3v) is 5.92. The maximum atomic E-state index is 12.7. The average molecular weight is 450 g/mol. The highest BCUT2D eigenvalue weighted by molar-refractivity contribution is 5.96. The lowest BCUT2D eigenvalue weighted by molar-refractivity contribution is -0.119. The lowest BCUT2D eigenvalue weighted by atomic mass is 10.1. The highest BCUT2D eigenvalue weighted by atomic mass is 16.2. The van der Waals surface area contributed by atoms with Gasteiger partial charge in [-0.3, -0.25) is 23.9 Å². The van der Waals surface area contributed by atoms with E-state index in [4.69, 9.17) is 0 Å². The number of nitrogens with zero attached hydrogens (tertiary/aromatic N) is 2. The zero-order valence-corrected chi connectivity index (χ0v) is 18.5. The van der Waals surface area contributed by atoms with Gasteiger partial charge in [0.05, 0.1) is 10.9 Å². The predicted molar refractivity (Wildman–Crippen MR) is 125 cm³/mol. The maximum absolute atomic E-state index is 12.7. The molecule has 2 amide bonds. The Bertz CT molecular complexity index is 1300. The van der Waals surface area contributed by atoms with E-state index in [9.17, 15) is 19.2 Å². The van der Waals surface area contributed by atoms with E-state index in [2.05, 4.69) is 20.6 Å². The normalized spacial score (nSPS) is 13.8.